The van der Waals surface area contributed by atoms with Crippen LogP contribution in [0.5, 0.6) is 0 Å². The van der Waals surface area contributed by atoms with Crippen LogP contribution in [-0.4, -0.2) is 39.4 Å². The predicted octanol–water partition coefficient (Wildman–Crippen LogP) is 4.71. The average molecular weight is 467 g/mol. The zero-order valence-electron chi connectivity index (χ0n) is 19.4. The van der Waals surface area contributed by atoms with E-state index in [0.29, 0.717) is 18.7 Å². The number of carbonyl (C=O) groups is 2. The minimum Gasteiger partial charge on any atom is -0.361 e. The highest BCUT2D eigenvalue weighted by Crippen LogP contribution is 2.31. The van der Waals surface area contributed by atoms with Crippen LogP contribution in [0.4, 0.5) is 0 Å². The Balaban J connectivity index is 1.44. The van der Waals surface area contributed by atoms with Gasteiger partial charge in [0.1, 0.15) is 17.7 Å². The lowest BCUT2D eigenvalue weighted by Gasteiger charge is -2.29. The van der Waals surface area contributed by atoms with E-state index in [-0.39, 0.29) is 23.8 Å². The topological polar surface area (TPSA) is 88.3 Å². The number of hydrogen-bond acceptors (Lipinski definition) is 6. The summed E-state index contributed by atoms with van der Waals surface area (Å²) in [5, 5.41) is 6.87. The molecule has 7 nitrogen and oxygen atoms in total. The number of amides is 2. The molecule has 4 rings (SSSR count). The molecule has 1 aliphatic heterocycles. The Bertz CT molecular complexity index is 1090. The van der Waals surface area contributed by atoms with Crippen LogP contribution < -0.4 is 5.32 Å². The fourth-order valence-electron chi connectivity index (χ4n) is 4.50. The van der Waals surface area contributed by atoms with Crippen molar-refractivity contribution < 1.29 is 14.1 Å². The molecule has 0 aliphatic carbocycles. The highest BCUT2D eigenvalue weighted by Gasteiger charge is 2.40. The van der Waals surface area contributed by atoms with Gasteiger partial charge in [-0.15, -0.1) is 11.3 Å². The monoisotopic (exact) mass is 466 g/mol. The van der Waals surface area contributed by atoms with Crippen LogP contribution in [0.3, 0.4) is 0 Å². The van der Waals surface area contributed by atoms with Crippen molar-refractivity contribution in [1.29, 1.82) is 0 Å². The number of thiazole rings is 1. The molecule has 1 fully saturated rings. The summed E-state index contributed by atoms with van der Waals surface area (Å²) >= 11 is 1.62. The second-order valence-electron chi connectivity index (χ2n) is 8.95. The van der Waals surface area contributed by atoms with Gasteiger partial charge >= 0.3 is 0 Å². The largest absolute Gasteiger partial charge is 0.361 e. The van der Waals surface area contributed by atoms with Gasteiger partial charge in [-0.1, -0.05) is 43.3 Å². The van der Waals surface area contributed by atoms with Crippen molar-refractivity contribution in [2.75, 3.05) is 6.54 Å². The SMILES string of the molecule is Cc1ncsc1-c1ccc([C@H](C)NC(=O)[C@@H]2CCCN2C(=O)[C@@H](c2ccno2)C(C)C)cc1. The molecule has 0 radical (unpaired) electrons. The number of aromatic nitrogens is 2. The van der Waals surface area contributed by atoms with Crippen molar-refractivity contribution in [2.45, 2.75) is 58.5 Å². The molecule has 0 spiro atoms. The van der Waals surface area contributed by atoms with Crippen molar-refractivity contribution in [1.82, 2.24) is 20.4 Å². The van der Waals surface area contributed by atoms with Gasteiger partial charge in [0.25, 0.3) is 0 Å². The Morgan fingerprint density at radius 2 is 1.94 bits per heavy atom. The highest BCUT2D eigenvalue weighted by molar-refractivity contribution is 7.13. The molecule has 1 aliphatic rings. The molecule has 2 aromatic heterocycles. The predicted molar refractivity (Wildman–Crippen MR) is 128 cm³/mol. The second-order valence-corrected chi connectivity index (χ2v) is 9.80. The maximum absolute atomic E-state index is 13.4. The third-order valence-electron chi connectivity index (χ3n) is 6.31. The normalized spacial score (nSPS) is 17.8. The van der Waals surface area contributed by atoms with Crippen LogP contribution in [0.25, 0.3) is 10.4 Å². The van der Waals surface area contributed by atoms with Crippen molar-refractivity contribution in [3.63, 3.8) is 0 Å². The number of carbonyl (C=O) groups excluding carboxylic acids is 2. The number of likely N-dealkylation sites (tertiary alicyclic amines) is 1. The van der Waals surface area contributed by atoms with Gasteiger partial charge < -0.3 is 14.7 Å². The number of rotatable bonds is 7. The first-order valence-corrected chi connectivity index (χ1v) is 12.3. The van der Waals surface area contributed by atoms with E-state index in [1.165, 1.54) is 0 Å². The number of nitrogens with zero attached hydrogens (tertiary/aromatic N) is 3. The van der Waals surface area contributed by atoms with Crippen molar-refractivity contribution >= 4 is 23.2 Å². The lowest BCUT2D eigenvalue weighted by atomic mass is 9.91. The summed E-state index contributed by atoms with van der Waals surface area (Å²) in [5.41, 5.74) is 5.01. The molecule has 0 saturated carbocycles. The fourth-order valence-corrected chi connectivity index (χ4v) is 5.31. The molecule has 0 unspecified atom stereocenters. The summed E-state index contributed by atoms with van der Waals surface area (Å²) in [6, 6.07) is 9.30. The van der Waals surface area contributed by atoms with Crippen LogP contribution in [0.2, 0.25) is 0 Å². The van der Waals surface area contributed by atoms with E-state index < -0.39 is 12.0 Å². The standard InChI is InChI=1S/C25H30N4O3S/c1-15(2)22(21-11-12-27-32-21)25(31)29-13-5-6-20(29)24(30)28-16(3)18-7-9-19(10-8-18)23-17(4)26-14-33-23/h7-12,14-16,20,22H,5-6,13H2,1-4H3,(H,28,30)/t16-,20-,22+/m0/s1. The molecule has 3 aromatic rings. The lowest BCUT2D eigenvalue weighted by molar-refractivity contribution is -0.141. The third-order valence-corrected chi connectivity index (χ3v) is 7.29. The number of benzene rings is 1. The van der Waals surface area contributed by atoms with E-state index in [1.54, 1.807) is 28.5 Å². The van der Waals surface area contributed by atoms with Gasteiger partial charge in [0.15, 0.2) is 0 Å². The molecule has 3 heterocycles. The molecule has 1 aromatic carbocycles. The Kier molecular flexibility index (Phi) is 6.93. The van der Waals surface area contributed by atoms with E-state index in [1.807, 2.05) is 45.3 Å². The van der Waals surface area contributed by atoms with E-state index in [2.05, 4.69) is 27.6 Å². The number of aryl methyl sites for hydroxylation is 1. The molecule has 33 heavy (non-hydrogen) atoms. The molecule has 3 atom stereocenters. The molecule has 0 bridgehead atoms. The molecule has 1 saturated heterocycles. The van der Waals surface area contributed by atoms with Crippen molar-refractivity contribution in [3.05, 3.63) is 59.1 Å². The van der Waals surface area contributed by atoms with E-state index >= 15 is 0 Å². The molecule has 2 amide bonds. The van der Waals surface area contributed by atoms with Crippen LogP contribution in [-0.2, 0) is 9.59 Å². The Hall–Kier alpha value is -3.00. The van der Waals surface area contributed by atoms with Gasteiger partial charge in [-0.2, -0.15) is 0 Å². The zero-order chi connectivity index (χ0) is 23.5. The summed E-state index contributed by atoms with van der Waals surface area (Å²) in [4.78, 5) is 33.7. The van der Waals surface area contributed by atoms with E-state index in [9.17, 15) is 9.59 Å². The fraction of sp³-hybridized carbons (Fsp3) is 0.440. The van der Waals surface area contributed by atoms with Crippen LogP contribution >= 0.6 is 11.3 Å². The zero-order valence-corrected chi connectivity index (χ0v) is 20.3. The molecule has 1 N–H and O–H groups in total. The van der Waals surface area contributed by atoms with Gasteiger partial charge in [-0.25, -0.2) is 4.98 Å². The second kappa shape index (κ2) is 9.87. The smallest absolute Gasteiger partial charge is 0.243 e. The first-order valence-electron chi connectivity index (χ1n) is 11.4. The van der Waals surface area contributed by atoms with E-state index in [4.69, 9.17) is 4.52 Å². The van der Waals surface area contributed by atoms with Crippen molar-refractivity contribution in [2.24, 2.45) is 5.92 Å². The Morgan fingerprint density at radius 1 is 1.18 bits per heavy atom. The number of hydrogen-bond donors (Lipinski definition) is 1. The maximum Gasteiger partial charge on any atom is 0.243 e. The van der Waals surface area contributed by atoms with Gasteiger partial charge in [0, 0.05) is 12.6 Å². The highest BCUT2D eigenvalue weighted by atomic mass is 32.1. The molecular formula is C25H30N4O3S. The first kappa shape index (κ1) is 23.2. The quantitative estimate of drug-likeness (QED) is 0.545. The van der Waals surface area contributed by atoms with Crippen molar-refractivity contribution in [3.8, 4) is 10.4 Å². The van der Waals surface area contributed by atoms with Gasteiger partial charge in [0.05, 0.1) is 28.3 Å². The Morgan fingerprint density at radius 3 is 2.55 bits per heavy atom. The molecular weight excluding hydrogens is 436 g/mol. The molecule has 174 valence electrons. The average Bonchev–Trinajstić information content (AvgIpc) is 3.55. The van der Waals surface area contributed by atoms with Gasteiger partial charge in [-0.3, -0.25) is 9.59 Å². The number of nitrogens with one attached hydrogen (secondary N) is 1. The minimum atomic E-state index is -0.469. The third kappa shape index (κ3) is 4.85. The van der Waals surface area contributed by atoms with Crippen LogP contribution in [0.15, 0.2) is 46.6 Å². The van der Waals surface area contributed by atoms with Crippen LogP contribution in [0.1, 0.15) is 62.6 Å². The Labute approximate surface area is 198 Å². The summed E-state index contributed by atoms with van der Waals surface area (Å²) in [6.07, 6.45) is 3.02. The van der Waals surface area contributed by atoms with Gasteiger partial charge in [0.2, 0.25) is 11.8 Å². The van der Waals surface area contributed by atoms with Crippen LogP contribution in [0, 0.1) is 12.8 Å². The summed E-state index contributed by atoms with van der Waals surface area (Å²) < 4.78 is 5.30. The van der Waals surface area contributed by atoms with Gasteiger partial charge in [-0.05, 0) is 43.7 Å². The first-order chi connectivity index (χ1) is 15.9. The molecule has 8 heteroatoms. The summed E-state index contributed by atoms with van der Waals surface area (Å²) in [5.74, 6) is -0.0479. The summed E-state index contributed by atoms with van der Waals surface area (Å²) in [6.45, 7) is 8.51. The summed E-state index contributed by atoms with van der Waals surface area (Å²) in [7, 11) is 0. The minimum absolute atomic E-state index is 0.0365. The lowest BCUT2D eigenvalue weighted by Crippen LogP contribution is -2.48. The maximum atomic E-state index is 13.4. The van der Waals surface area contributed by atoms with E-state index in [0.717, 1.165) is 28.1 Å².